The van der Waals surface area contributed by atoms with Gasteiger partial charge < -0.3 is 15.0 Å². The third-order valence-corrected chi connectivity index (χ3v) is 6.15. The number of carbonyl (C=O) groups excluding carboxylic acids is 1. The molecule has 2 aromatic rings. The molecule has 8 nitrogen and oxygen atoms in total. The van der Waals surface area contributed by atoms with Gasteiger partial charge in [0, 0.05) is 44.2 Å². The highest BCUT2D eigenvalue weighted by molar-refractivity contribution is 5.79. The zero-order valence-corrected chi connectivity index (χ0v) is 17.0. The minimum Gasteiger partial charge on any atom is -0.383 e. The Morgan fingerprint density at radius 2 is 2.14 bits per heavy atom. The van der Waals surface area contributed by atoms with Crippen molar-refractivity contribution in [3.63, 3.8) is 0 Å². The maximum atomic E-state index is 12.6. The molecule has 2 fully saturated rings. The summed E-state index contributed by atoms with van der Waals surface area (Å²) in [5.74, 6) is 0.338. The number of carbonyl (C=O) groups is 1. The Bertz CT molecular complexity index is 787. The maximum Gasteiger partial charge on any atom is 0.224 e. The number of nitrogens with one attached hydrogen (secondary N) is 1. The molecule has 8 heteroatoms. The molecule has 1 saturated heterocycles. The average Bonchev–Trinajstić information content (AvgIpc) is 3.44. The van der Waals surface area contributed by atoms with Gasteiger partial charge in [0.15, 0.2) is 0 Å². The van der Waals surface area contributed by atoms with Crippen LogP contribution >= 0.6 is 0 Å². The van der Waals surface area contributed by atoms with Gasteiger partial charge >= 0.3 is 0 Å². The van der Waals surface area contributed by atoms with Crippen molar-refractivity contribution >= 4 is 5.91 Å². The molecule has 156 valence electrons. The van der Waals surface area contributed by atoms with Crippen molar-refractivity contribution in [2.45, 2.75) is 44.2 Å². The lowest BCUT2D eigenvalue weighted by Gasteiger charge is -2.30. The van der Waals surface area contributed by atoms with E-state index < -0.39 is 0 Å². The molecule has 1 aliphatic heterocycles. The van der Waals surface area contributed by atoms with E-state index in [0.717, 1.165) is 69.6 Å². The summed E-state index contributed by atoms with van der Waals surface area (Å²) in [5.41, 5.74) is 1.91. The van der Waals surface area contributed by atoms with Crippen molar-refractivity contribution in [3.05, 3.63) is 31.0 Å². The number of methoxy groups -OCH3 is 1. The Labute approximate surface area is 171 Å². The topological polar surface area (TPSA) is 85.2 Å². The second-order valence-electron chi connectivity index (χ2n) is 8.10. The van der Waals surface area contributed by atoms with Gasteiger partial charge in [-0.15, -0.1) is 0 Å². The molecule has 29 heavy (non-hydrogen) atoms. The maximum absolute atomic E-state index is 12.6. The average molecular weight is 399 g/mol. The molecule has 0 bridgehead atoms. The van der Waals surface area contributed by atoms with Gasteiger partial charge in [-0.25, -0.2) is 9.97 Å². The van der Waals surface area contributed by atoms with E-state index in [0.29, 0.717) is 6.04 Å². The molecule has 0 radical (unpaired) electrons. The second-order valence-corrected chi connectivity index (χ2v) is 8.10. The van der Waals surface area contributed by atoms with Crippen LogP contribution in [0.4, 0.5) is 0 Å². The van der Waals surface area contributed by atoms with Crippen LogP contribution in [0.2, 0.25) is 0 Å². The molecule has 4 rings (SSSR count). The summed E-state index contributed by atoms with van der Waals surface area (Å²) in [6.45, 7) is 3.47. The van der Waals surface area contributed by atoms with Crippen molar-refractivity contribution in [1.29, 1.82) is 0 Å². The van der Waals surface area contributed by atoms with Gasteiger partial charge in [-0.1, -0.05) is 0 Å². The van der Waals surface area contributed by atoms with E-state index in [1.165, 1.54) is 0 Å². The Kier molecular flexibility index (Phi) is 6.51. The number of nitrogens with zero attached hydrogens (tertiary/aromatic N) is 5. The van der Waals surface area contributed by atoms with E-state index in [9.17, 15) is 4.79 Å². The molecule has 3 heterocycles. The summed E-state index contributed by atoms with van der Waals surface area (Å²) < 4.78 is 7.19. The van der Waals surface area contributed by atoms with Crippen molar-refractivity contribution in [2.24, 2.45) is 5.92 Å². The fraction of sp³-hybridized carbons (Fsp3) is 0.619. The van der Waals surface area contributed by atoms with E-state index in [4.69, 9.17) is 4.74 Å². The largest absolute Gasteiger partial charge is 0.383 e. The van der Waals surface area contributed by atoms with Crippen molar-refractivity contribution in [2.75, 3.05) is 33.4 Å². The molecule has 0 spiro atoms. The Morgan fingerprint density at radius 3 is 2.90 bits per heavy atom. The van der Waals surface area contributed by atoms with Gasteiger partial charge in [0.2, 0.25) is 5.91 Å². The van der Waals surface area contributed by atoms with Crippen LogP contribution in [0, 0.1) is 5.92 Å². The van der Waals surface area contributed by atoms with Crippen molar-refractivity contribution < 1.29 is 9.53 Å². The predicted molar refractivity (Wildman–Crippen MR) is 109 cm³/mol. The van der Waals surface area contributed by atoms with E-state index in [1.807, 2.05) is 12.3 Å². The monoisotopic (exact) mass is 398 g/mol. The Hall–Kier alpha value is -2.32. The number of ether oxygens (including phenoxy) is 1. The van der Waals surface area contributed by atoms with Gasteiger partial charge in [-0.2, -0.15) is 5.10 Å². The summed E-state index contributed by atoms with van der Waals surface area (Å²) in [6, 6.07) is 2.56. The van der Waals surface area contributed by atoms with Gasteiger partial charge in [0.25, 0.3) is 0 Å². The molecular formula is C21H30N6O2. The quantitative estimate of drug-likeness (QED) is 0.767. The molecule has 1 unspecified atom stereocenters. The first-order valence-electron chi connectivity index (χ1n) is 10.5. The van der Waals surface area contributed by atoms with Gasteiger partial charge in [-0.05, 0) is 44.7 Å². The smallest absolute Gasteiger partial charge is 0.224 e. The van der Waals surface area contributed by atoms with Crippen LogP contribution in [-0.2, 0) is 9.53 Å². The highest BCUT2D eigenvalue weighted by Crippen LogP contribution is 2.30. The van der Waals surface area contributed by atoms with E-state index in [2.05, 4.69) is 36.2 Å². The standard InChI is InChI=1S/C21H30N6O2/c1-29-11-10-26-9-7-16(13-26)21(28)25-18-2-4-19(5-3-18)27-14-17(12-24-27)20-6-8-22-15-23-20/h6,8,12,14-16,18-19H,2-5,7,9-11,13H2,1H3,(H,25,28). The second kappa shape index (κ2) is 9.45. The van der Waals surface area contributed by atoms with Crippen molar-refractivity contribution in [3.8, 4) is 11.3 Å². The summed E-state index contributed by atoms with van der Waals surface area (Å²) in [7, 11) is 1.72. The molecule has 2 aromatic heterocycles. The van der Waals surface area contributed by atoms with Crippen molar-refractivity contribution in [1.82, 2.24) is 30.0 Å². The SMILES string of the molecule is COCCN1CCC(C(=O)NC2CCC(n3cc(-c4ccncn4)cn3)CC2)C1. The van der Waals surface area contributed by atoms with E-state index in [1.54, 1.807) is 19.6 Å². The molecule has 1 aliphatic carbocycles. The van der Waals surface area contributed by atoms with Crippen LogP contribution in [-0.4, -0.2) is 69.9 Å². The molecule has 1 atom stereocenters. The Morgan fingerprint density at radius 1 is 1.28 bits per heavy atom. The van der Waals surface area contributed by atoms with Crippen LogP contribution in [0.25, 0.3) is 11.3 Å². The number of amides is 1. The Balaban J connectivity index is 1.24. The normalized spacial score (nSPS) is 25.2. The van der Waals surface area contributed by atoms with Gasteiger partial charge in [0.1, 0.15) is 6.33 Å². The molecule has 1 N–H and O–H groups in total. The van der Waals surface area contributed by atoms with Crippen LogP contribution in [0.15, 0.2) is 31.0 Å². The first kappa shape index (κ1) is 20.0. The summed E-state index contributed by atoms with van der Waals surface area (Å²) in [5, 5.41) is 7.85. The third-order valence-electron chi connectivity index (χ3n) is 6.15. The molecule has 1 amide bonds. The highest BCUT2D eigenvalue weighted by atomic mass is 16.5. The predicted octanol–water partition coefficient (Wildman–Crippen LogP) is 1.91. The highest BCUT2D eigenvalue weighted by Gasteiger charge is 2.30. The van der Waals surface area contributed by atoms with Gasteiger partial charge in [0.05, 0.1) is 30.5 Å². The van der Waals surface area contributed by atoms with Crippen LogP contribution < -0.4 is 5.32 Å². The third kappa shape index (κ3) is 5.00. The number of aromatic nitrogens is 4. The first-order chi connectivity index (χ1) is 14.2. The summed E-state index contributed by atoms with van der Waals surface area (Å²) >= 11 is 0. The van der Waals surface area contributed by atoms with Gasteiger partial charge in [-0.3, -0.25) is 9.48 Å². The number of rotatable bonds is 7. The lowest BCUT2D eigenvalue weighted by atomic mass is 9.90. The fourth-order valence-electron chi connectivity index (χ4n) is 4.41. The summed E-state index contributed by atoms with van der Waals surface area (Å²) in [4.78, 5) is 23.2. The first-order valence-corrected chi connectivity index (χ1v) is 10.5. The lowest BCUT2D eigenvalue weighted by molar-refractivity contribution is -0.125. The zero-order chi connectivity index (χ0) is 20.1. The summed E-state index contributed by atoms with van der Waals surface area (Å²) in [6.07, 6.45) is 12.2. The lowest BCUT2D eigenvalue weighted by Crippen LogP contribution is -2.42. The van der Waals surface area contributed by atoms with Crippen LogP contribution in [0.1, 0.15) is 38.1 Å². The number of likely N-dealkylation sites (tertiary alicyclic amines) is 1. The fourth-order valence-corrected chi connectivity index (χ4v) is 4.41. The molecule has 2 aliphatic rings. The number of hydrogen-bond acceptors (Lipinski definition) is 6. The van der Waals surface area contributed by atoms with E-state index >= 15 is 0 Å². The van der Waals surface area contributed by atoms with Crippen LogP contribution in [0.5, 0.6) is 0 Å². The zero-order valence-electron chi connectivity index (χ0n) is 17.0. The molecular weight excluding hydrogens is 368 g/mol. The van der Waals surface area contributed by atoms with E-state index in [-0.39, 0.29) is 17.9 Å². The minimum atomic E-state index is 0.117. The number of hydrogen-bond donors (Lipinski definition) is 1. The molecule has 0 aromatic carbocycles. The minimum absolute atomic E-state index is 0.117. The van der Waals surface area contributed by atoms with Crippen LogP contribution in [0.3, 0.4) is 0 Å². The molecule has 1 saturated carbocycles.